The molecule has 1 amide bonds. The molecule has 3 heteroatoms. The first-order chi connectivity index (χ1) is 10.9. The van der Waals surface area contributed by atoms with Crippen molar-refractivity contribution in [1.29, 1.82) is 0 Å². The van der Waals surface area contributed by atoms with Gasteiger partial charge in [-0.2, -0.15) is 0 Å². The van der Waals surface area contributed by atoms with Crippen LogP contribution in [0, 0.1) is 5.41 Å². The number of hydrogen-bond donors (Lipinski definition) is 1. The van der Waals surface area contributed by atoms with Crippen LogP contribution in [0.2, 0.25) is 0 Å². The van der Waals surface area contributed by atoms with Crippen molar-refractivity contribution in [2.45, 2.75) is 124 Å². The van der Waals surface area contributed by atoms with E-state index < -0.39 is 0 Å². The van der Waals surface area contributed by atoms with Gasteiger partial charge in [-0.25, -0.2) is 4.79 Å². The van der Waals surface area contributed by atoms with Gasteiger partial charge in [0.2, 0.25) is 0 Å². The lowest BCUT2D eigenvalue weighted by Gasteiger charge is -2.17. The monoisotopic (exact) mass is 361 g/mol. The van der Waals surface area contributed by atoms with Crippen LogP contribution >= 0.6 is 0 Å². The molecule has 2 nitrogen and oxygen atoms in total. The van der Waals surface area contributed by atoms with Crippen molar-refractivity contribution < 1.29 is 22.9 Å². The maximum Gasteiger partial charge on any atom is 0.308 e. The summed E-state index contributed by atoms with van der Waals surface area (Å²) in [6.45, 7) is 7.03. The molecule has 0 bridgehead atoms. The van der Waals surface area contributed by atoms with Crippen LogP contribution in [0.5, 0.6) is 0 Å². The Morgan fingerprint density at radius 1 is 0.625 bits per heavy atom. The predicted molar refractivity (Wildman–Crippen MR) is 101 cm³/mol. The summed E-state index contributed by atoms with van der Waals surface area (Å²) < 4.78 is 0. The van der Waals surface area contributed by atoms with Gasteiger partial charge in [0.1, 0.15) is 0 Å². The summed E-state index contributed by atoms with van der Waals surface area (Å²) in [6, 6.07) is 0. The first-order valence-electron chi connectivity index (χ1n) is 10.3. The number of unbranched alkanes of at least 4 members (excludes halogenated alkanes) is 13. The number of carbonyl (C=O) groups is 1. The summed E-state index contributed by atoms with van der Waals surface area (Å²) in [5.41, 5.74) is 3.93. The molecule has 0 aromatic carbocycles. The highest BCUT2D eigenvalue weighted by Gasteiger charge is 2.08. The van der Waals surface area contributed by atoms with Crippen LogP contribution in [0.1, 0.15) is 124 Å². The Labute approximate surface area is 158 Å². The van der Waals surface area contributed by atoms with Gasteiger partial charge in [-0.1, -0.05) is 104 Å². The van der Waals surface area contributed by atoms with Crippen molar-refractivity contribution >= 4 is 5.91 Å². The fourth-order valence-electron chi connectivity index (χ4n) is 3.10. The minimum atomic E-state index is 0. The second-order valence-electron chi connectivity index (χ2n) is 8.55. The van der Waals surface area contributed by atoms with Crippen molar-refractivity contribution in [3.05, 3.63) is 0 Å². The Morgan fingerprint density at radius 3 is 1.21 bits per heavy atom. The van der Waals surface area contributed by atoms with Gasteiger partial charge in [-0.05, 0) is 18.3 Å². The van der Waals surface area contributed by atoms with E-state index in [2.05, 4.69) is 26.5 Å². The zero-order valence-electron chi connectivity index (χ0n) is 16.8. The summed E-state index contributed by atoms with van der Waals surface area (Å²) in [5, 5.41) is 0. The number of quaternary nitrogens is 1. The molecule has 0 atom stereocenters. The normalized spacial score (nSPS) is 11.3. The largest absolute Gasteiger partial charge is 1.00 e. The molecule has 0 radical (unpaired) electrons. The van der Waals surface area contributed by atoms with Gasteiger partial charge in [0.05, 0.1) is 6.42 Å². The van der Waals surface area contributed by atoms with E-state index >= 15 is 0 Å². The lowest BCUT2D eigenvalue weighted by molar-refractivity contribution is -0.305. The molecule has 0 unspecified atom stereocenters. The Hall–Kier alpha value is -0.0800. The van der Waals surface area contributed by atoms with Gasteiger partial charge in [0.15, 0.2) is 0 Å². The molecule has 0 saturated carbocycles. The lowest BCUT2D eigenvalue weighted by atomic mass is 9.89. The molecule has 0 fully saturated rings. The molecular weight excluding hydrogens is 318 g/mol. The molecule has 0 aliphatic carbocycles. The molecule has 0 heterocycles. The van der Waals surface area contributed by atoms with E-state index in [9.17, 15) is 4.79 Å². The zero-order valence-corrected chi connectivity index (χ0v) is 17.6. The maximum absolute atomic E-state index is 10.7. The topological polar surface area (TPSA) is 44.7 Å². The molecular formula is C21H44ClNO. The SMILES string of the molecule is CC(C)(C)CCCCCCCCCCCCCCCCC([NH3+])=O.[Cl-]. The average Bonchev–Trinajstić information content (AvgIpc) is 2.45. The van der Waals surface area contributed by atoms with Gasteiger partial charge in [0.25, 0.3) is 0 Å². The third kappa shape index (κ3) is 24.2. The second-order valence-corrected chi connectivity index (χ2v) is 8.55. The van der Waals surface area contributed by atoms with Crippen LogP contribution in [0.4, 0.5) is 0 Å². The highest BCUT2D eigenvalue weighted by Crippen LogP contribution is 2.22. The smallest absolute Gasteiger partial charge is 0.308 e. The quantitative estimate of drug-likeness (QED) is 0.422. The molecule has 0 aliphatic heterocycles. The van der Waals surface area contributed by atoms with E-state index in [0.29, 0.717) is 11.8 Å². The van der Waals surface area contributed by atoms with Crippen molar-refractivity contribution in [3.63, 3.8) is 0 Å². The van der Waals surface area contributed by atoms with E-state index in [-0.39, 0.29) is 18.3 Å². The fourth-order valence-corrected chi connectivity index (χ4v) is 3.10. The van der Waals surface area contributed by atoms with Crippen LogP contribution < -0.4 is 18.1 Å². The summed E-state index contributed by atoms with van der Waals surface area (Å²) in [7, 11) is 0. The van der Waals surface area contributed by atoms with E-state index in [0.717, 1.165) is 6.42 Å². The molecule has 0 aromatic heterocycles. The third-order valence-corrected chi connectivity index (χ3v) is 4.63. The lowest BCUT2D eigenvalue weighted by Crippen LogP contribution is -3.00. The number of carbonyl (C=O) groups excluding carboxylic acids is 1. The van der Waals surface area contributed by atoms with Crippen LogP contribution in [-0.2, 0) is 4.79 Å². The molecule has 3 N–H and O–H groups in total. The first-order valence-corrected chi connectivity index (χ1v) is 10.3. The van der Waals surface area contributed by atoms with E-state index in [1.54, 1.807) is 0 Å². The zero-order chi connectivity index (χ0) is 17.4. The molecule has 0 aromatic rings. The minimum Gasteiger partial charge on any atom is -1.00 e. The second kappa shape index (κ2) is 17.7. The van der Waals surface area contributed by atoms with E-state index in [4.69, 9.17) is 0 Å². The van der Waals surface area contributed by atoms with E-state index in [1.807, 2.05) is 0 Å². The number of hydrogen-bond acceptors (Lipinski definition) is 1. The van der Waals surface area contributed by atoms with Crippen molar-refractivity contribution in [2.24, 2.45) is 5.41 Å². The highest BCUT2D eigenvalue weighted by molar-refractivity contribution is 5.63. The van der Waals surface area contributed by atoms with Crippen molar-refractivity contribution in [1.82, 2.24) is 0 Å². The number of amides is 1. The standard InChI is InChI=1S/C21H43NO.ClH/c1-21(2,3)19-17-15-13-11-9-7-5-4-6-8-10-12-14-16-18-20(22)23;/h4-19H2,1-3H3,(H2,22,23);1H. The summed E-state index contributed by atoms with van der Waals surface area (Å²) >= 11 is 0. The van der Waals surface area contributed by atoms with Gasteiger partial charge < -0.3 is 12.4 Å². The molecule has 146 valence electrons. The van der Waals surface area contributed by atoms with Gasteiger partial charge in [-0.15, -0.1) is 0 Å². The van der Waals surface area contributed by atoms with Crippen LogP contribution in [-0.4, -0.2) is 5.91 Å². The number of rotatable bonds is 16. The molecule has 0 saturated heterocycles. The molecule has 24 heavy (non-hydrogen) atoms. The molecule has 0 aliphatic rings. The summed E-state index contributed by atoms with van der Waals surface area (Å²) in [6.07, 6.45) is 21.2. The van der Waals surface area contributed by atoms with Crippen molar-refractivity contribution in [3.8, 4) is 0 Å². The van der Waals surface area contributed by atoms with Crippen LogP contribution in [0.15, 0.2) is 0 Å². The van der Waals surface area contributed by atoms with Crippen LogP contribution in [0.25, 0.3) is 0 Å². The fraction of sp³-hybridized carbons (Fsp3) is 0.952. The van der Waals surface area contributed by atoms with Gasteiger partial charge in [0, 0.05) is 0 Å². The van der Waals surface area contributed by atoms with Gasteiger partial charge in [-0.3, -0.25) is 5.73 Å². The van der Waals surface area contributed by atoms with Crippen LogP contribution in [0.3, 0.4) is 0 Å². The Morgan fingerprint density at radius 2 is 0.917 bits per heavy atom. The molecule has 0 rings (SSSR count). The highest BCUT2D eigenvalue weighted by atomic mass is 35.5. The summed E-state index contributed by atoms with van der Waals surface area (Å²) in [5.74, 6) is 0.0965. The third-order valence-electron chi connectivity index (χ3n) is 4.63. The first kappa shape index (κ1) is 26.2. The number of halogens is 1. The maximum atomic E-state index is 10.7. The van der Waals surface area contributed by atoms with Gasteiger partial charge >= 0.3 is 5.91 Å². The Bertz CT molecular complexity index is 274. The summed E-state index contributed by atoms with van der Waals surface area (Å²) in [4.78, 5) is 10.7. The average molecular weight is 362 g/mol. The Balaban J connectivity index is 0. The van der Waals surface area contributed by atoms with E-state index in [1.165, 1.54) is 89.9 Å². The predicted octanol–water partition coefficient (Wildman–Crippen LogP) is 3.05. The minimum absolute atomic E-state index is 0. The van der Waals surface area contributed by atoms with Crippen molar-refractivity contribution in [2.75, 3.05) is 0 Å². The molecule has 0 spiro atoms. The Kier molecular flexibility index (Phi) is 19.3.